The van der Waals surface area contributed by atoms with Gasteiger partial charge in [-0.15, -0.1) is 11.8 Å². The average molecular weight is 497 g/mol. The maximum absolute atomic E-state index is 12.8. The van der Waals surface area contributed by atoms with Gasteiger partial charge in [0, 0.05) is 16.7 Å². The Morgan fingerprint density at radius 2 is 2.03 bits per heavy atom. The van der Waals surface area contributed by atoms with Gasteiger partial charge in [0.05, 0.1) is 27.9 Å². The Balaban J connectivity index is 1.54. The van der Waals surface area contributed by atoms with E-state index in [4.69, 9.17) is 5.26 Å². The first-order chi connectivity index (χ1) is 16.3. The molecule has 0 bridgehead atoms. The molecular weight excluding hydrogens is 480 g/mol. The van der Waals surface area contributed by atoms with Crippen LogP contribution in [-0.4, -0.2) is 49.9 Å². The molecule has 2 amide bonds. The van der Waals surface area contributed by atoms with Gasteiger partial charge in [0.1, 0.15) is 17.1 Å². The number of nitrogens with one attached hydrogen (secondary N) is 1. The molecule has 0 aromatic heterocycles. The van der Waals surface area contributed by atoms with Crippen LogP contribution in [-0.2, 0) is 20.8 Å². The van der Waals surface area contributed by atoms with Crippen molar-refractivity contribution in [2.75, 3.05) is 5.75 Å². The zero-order valence-corrected chi connectivity index (χ0v) is 19.0. The molecule has 2 N–H and O–H groups in total. The third kappa shape index (κ3) is 4.48. The van der Waals surface area contributed by atoms with Crippen LogP contribution in [0.1, 0.15) is 11.1 Å². The maximum atomic E-state index is 12.8. The van der Waals surface area contributed by atoms with Gasteiger partial charge >= 0.3 is 5.97 Å². The SMILES string of the molecule is N#Cc1ccc(SC2=C(C(=O)O)N3C(=O)[C@@H](NC(=O)Cc4ccccc4)[C@@H]3SC2)c([N+](=O)[O-])c1. The molecule has 0 unspecified atom stereocenters. The Kier molecular flexibility index (Phi) is 6.58. The second-order valence-electron chi connectivity index (χ2n) is 7.35. The Bertz CT molecular complexity index is 1270. The summed E-state index contributed by atoms with van der Waals surface area (Å²) in [5, 5.41) is 32.3. The van der Waals surface area contributed by atoms with Crippen molar-refractivity contribution in [1.82, 2.24) is 10.2 Å². The van der Waals surface area contributed by atoms with Gasteiger partial charge in [0.15, 0.2) is 0 Å². The number of aliphatic carboxylic acids is 1. The number of thioether (sulfide) groups is 2. The molecule has 2 atom stereocenters. The normalized spacial score (nSPS) is 19.0. The molecular formula is C22H16N4O6S2. The van der Waals surface area contributed by atoms with Gasteiger partial charge in [-0.3, -0.25) is 24.6 Å². The Labute approximate surface area is 201 Å². The highest BCUT2D eigenvalue weighted by Crippen LogP contribution is 2.46. The first-order valence-electron chi connectivity index (χ1n) is 9.91. The number of hydrogen-bond acceptors (Lipinski definition) is 8. The average Bonchev–Trinajstić information content (AvgIpc) is 2.82. The lowest BCUT2D eigenvalue weighted by Gasteiger charge is -2.49. The minimum atomic E-state index is -1.34. The summed E-state index contributed by atoms with van der Waals surface area (Å²) >= 11 is 2.15. The molecule has 2 aromatic carbocycles. The highest BCUT2D eigenvalue weighted by molar-refractivity contribution is 8.06. The number of β-lactam (4-membered cyclic amide) rings is 1. The minimum Gasteiger partial charge on any atom is -0.477 e. The van der Waals surface area contributed by atoms with Crippen molar-refractivity contribution in [2.45, 2.75) is 22.7 Å². The summed E-state index contributed by atoms with van der Waals surface area (Å²) in [4.78, 5) is 49.6. The van der Waals surface area contributed by atoms with Gasteiger partial charge in [0.25, 0.3) is 11.6 Å². The zero-order chi connectivity index (χ0) is 24.4. The number of fused-ring (bicyclic) bond motifs is 1. The smallest absolute Gasteiger partial charge is 0.353 e. The fourth-order valence-electron chi connectivity index (χ4n) is 3.62. The molecule has 0 aliphatic carbocycles. The number of nitrogens with zero attached hydrogens (tertiary/aromatic N) is 3. The van der Waals surface area contributed by atoms with Crippen molar-refractivity contribution in [3.8, 4) is 6.07 Å². The molecule has 0 spiro atoms. The number of rotatable bonds is 7. The van der Waals surface area contributed by atoms with E-state index >= 15 is 0 Å². The van der Waals surface area contributed by atoms with Gasteiger partial charge in [-0.1, -0.05) is 42.1 Å². The largest absolute Gasteiger partial charge is 0.477 e. The lowest BCUT2D eigenvalue weighted by Crippen LogP contribution is -2.70. The maximum Gasteiger partial charge on any atom is 0.353 e. The van der Waals surface area contributed by atoms with Crippen LogP contribution in [0.25, 0.3) is 0 Å². The van der Waals surface area contributed by atoms with Crippen molar-refractivity contribution in [3.63, 3.8) is 0 Å². The number of benzene rings is 2. The van der Waals surface area contributed by atoms with Crippen LogP contribution >= 0.6 is 23.5 Å². The van der Waals surface area contributed by atoms with Crippen LogP contribution in [0, 0.1) is 21.4 Å². The predicted octanol–water partition coefficient (Wildman–Crippen LogP) is 2.50. The number of amides is 2. The molecule has 0 saturated carbocycles. The van der Waals surface area contributed by atoms with E-state index in [1.54, 1.807) is 24.3 Å². The second kappa shape index (κ2) is 9.58. The standard InChI is InChI=1S/C22H16N4O6S2/c23-10-13-6-7-15(14(8-13)26(31)32)34-16-11-33-21-18(20(28)25(21)19(16)22(29)30)24-17(27)9-12-4-2-1-3-5-12/h1-8,18,21H,9,11H2,(H,24,27)(H,29,30)/t18-,21+/m1/s1. The number of carboxylic acid groups (broad SMARTS) is 1. The summed E-state index contributed by atoms with van der Waals surface area (Å²) in [6.07, 6.45) is 0.0904. The summed E-state index contributed by atoms with van der Waals surface area (Å²) in [5.74, 6) is -2.06. The number of hydrogen-bond donors (Lipinski definition) is 2. The highest BCUT2D eigenvalue weighted by atomic mass is 32.2. The summed E-state index contributed by atoms with van der Waals surface area (Å²) in [6, 6.07) is 13.9. The van der Waals surface area contributed by atoms with Crippen molar-refractivity contribution in [2.24, 2.45) is 0 Å². The van der Waals surface area contributed by atoms with Crippen LogP contribution in [0.15, 0.2) is 64.0 Å². The second-order valence-corrected chi connectivity index (χ2v) is 9.59. The minimum absolute atomic E-state index is 0.0904. The third-order valence-electron chi connectivity index (χ3n) is 5.18. The number of carboxylic acids is 1. The first kappa shape index (κ1) is 23.3. The van der Waals surface area contributed by atoms with Crippen molar-refractivity contribution >= 4 is 47.0 Å². The number of nitro benzene ring substituents is 1. The summed E-state index contributed by atoms with van der Waals surface area (Å²) in [5.41, 5.74) is 0.308. The Morgan fingerprint density at radius 3 is 2.68 bits per heavy atom. The molecule has 34 heavy (non-hydrogen) atoms. The molecule has 0 radical (unpaired) electrons. The van der Waals surface area contributed by atoms with E-state index in [2.05, 4.69) is 5.32 Å². The van der Waals surface area contributed by atoms with Crippen LogP contribution in [0.5, 0.6) is 0 Å². The van der Waals surface area contributed by atoms with Gasteiger partial charge in [-0.2, -0.15) is 5.26 Å². The topological polar surface area (TPSA) is 154 Å². The molecule has 10 nitrogen and oxygen atoms in total. The number of carbonyl (C=O) groups excluding carboxylic acids is 2. The third-order valence-corrected chi connectivity index (χ3v) is 7.79. The summed E-state index contributed by atoms with van der Waals surface area (Å²) in [7, 11) is 0. The van der Waals surface area contributed by atoms with Gasteiger partial charge < -0.3 is 10.4 Å². The molecule has 1 saturated heterocycles. The molecule has 2 aliphatic rings. The van der Waals surface area contributed by atoms with Crippen LogP contribution < -0.4 is 5.32 Å². The molecule has 172 valence electrons. The van der Waals surface area contributed by atoms with Crippen molar-refractivity contribution < 1.29 is 24.4 Å². The Hall–Kier alpha value is -3.82. The van der Waals surface area contributed by atoms with E-state index in [0.29, 0.717) is 0 Å². The molecule has 2 aliphatic heterocycles. The molecule has 2 aromatic rings. The van der Waals surface area contributed by atoms with E-state index < -0.39 is 28.2 Å². The lowest BCUT2D eigenvalue weighted by molar-refractivity contribution is -0.387. The fourth-order valence-corrected chi connectivity index (χ4v) is 6.18. The van der Waals surface area contributed by atoms with Crippen LogP contribution in [0.3, 0.4) is 0 Å². The predicted molar refractivity (Wildman–Crippen MR) is 123 cm³/mol. The fraction of sp³-hybridized carbons (Fsp3) is 0.182. The Morgan fingerprint density at radius 1 is 1.29 bits per heavy atom. The van der Waals surface area contributed by atoms with E-state index in [0.717, 1.165) is 28.3 Å². The van der Waals surface area contributed by atoms with E-state index in [1.165, 1.54) is 23.9 Å². The molecule has 1 fully saturated rings. The summed E-state index contributed by atoms with van der Waals surface area (Å²) in [6.45, 7) is 0. The van der Waals surface area contributed by atoms with Crippen molar-refractivity contribution in [1.29, 1.82) is 5.26 Å². The first-order valence-corrected chi connectivity index (χ1v) is 11.8. The van der Waals surface area contributed by atoms with Gasteiger partial charge in [-0.25, -0.2) is 4.79 Å². The van der Waals surface area contributed by atoms with Crippen LogP contribution in [0.4, 0.5) is 5.69 Å². The molecule has 12 heteroatoms. The van der Waals surface area contributed by atoms with Crippen molar-refractivity contribution in [3.05, 3.63) is 80.4 Å². The van der Waals surface area contributed by atoms with Crippen LogP contribution in [0.2, 0.25) is 0 Å². The zero-order valence-electron chi connectivity index (χ0n) is 17.3. The quantitative estimate of drug-likeness (QED) is 0.334. The van der Waals surface area contributed by atoms with E-state index in [9.17, 15) is 29.6 Å². The lowest BCUT2D eigenvalue weighted by atomic mass is 10.0. The van der Waals surface area contributed by atoms with Gasteiger partial charge in [0.2, 0.25) is 5.91 Å². The summed E-state index contributed by atoms with van der Waals surface area (Å²) < 4.78 is 0. The number of carbonyl (C=O) groups is 3. The monoisotopic (exact) mass is 496 g/mol. The number of nitriles is 1. The van der Waals surface area contributed by atoms with E-state index in [-0.39, 0.29) is 44.8 Å². The van der Waals surface area contributed by atoms with Gasteiger partial charge in [-0.05, 0) is 17.7 Å². The number of nitro groups is 1. The molecule has 4 rings (SSSR count). The van der Waals surface area contributed by atoms with E-state index in [1.807, 2.05) is 12.1 Å². The highest BCUT2D eigenvalue weighted by Gasteiger charge is 2.54. The molecule has 2 heterocycles.